The van der Waals surface area contributed by atoms with E-state index in [-0.39, 0.29) is 0 Å². The molecule has 92 valence electrons. The molecule has 0 bridgehead atoms. The van der Waals surface area contributed by atoms with Gasteiger partial charge >= 0.3 is 0 Å². The van der Waals surface area contributed by atoms with Crippen LogP contribution < -0.4 is 0 Å². The summed E-state index contributed by atoms with van der Waals surface area (Å²) in [6.45, 7) is 0.543. The van der Waals surface area contributed by atoms with E-state index in [2.05, 4.69) is 16.1 Å². The minimum absolute atomic E-state index is 0.543. The van der Waals surface area contributed by atoms with E-state index in [0.29, 0.717) is 6.54 Å². The number of hydrogen-bond acceptors (Lipinski definition) is 2. The lowest BCUT2D eigenvalue weighted by Crippen LogP contribution is -1.86. The van der Waals surface area contributed by atoms with Gasteiger partial charge in [-0.2, -0.15) is 0 Å². The summed E-state index contributed by atoms with van der Waals surface area (Å²) in [6, 6.07) is 5.88. The van der Waals surface area contributed by atoms with E-state index in [1.54, 1.807) is 0 Å². The zero-order valence-corrected chi connectivity index (χ0v) is 10.2. The molecule has 0 saturated carbocycles. The number of aryl methyl sites for hydroxylation is 1. The topological polar surface area (TPSA) is 65.8 Å². The number of rotatable bonds is 5. The summed E-state index contributed by atoms with van der Waals surface area (Å²) in [6.07, 6.45) is 6.97. The first-order chi connectivity index (χ1) is 8.85. The number of fused-ring (bicyclic) bond motifs is 1. The third-order valence-corrected chi connectivity index (χ3v) is 3.20. The van der Waals surface area contributed by atoms with E-state index < -0.39 is 0 Å². The van der Waals surface area contributed by atoms with Crippen LogP contribution in [0.5, 0.6) is 0 Å². The summed E-state index contributed by atoms with van der Waals surface area (Å²) in [5, 5.41) is 3.51. The van der Waals surface area contributed by atoms with Crippen molar-refractivity contribution in [1.82, 2.24) is 0 Å². The molecule has 0 unspecified atom stereocenters. The van der Waals surface area contributed by atoms with Gasteiger partial charge in [-0.05, 0) is 54.0 Å². The molecule has 4 heteroatoms. The highest BCUT2D eigenvalue weighted by atomic mass is 16.1. The Labute approximate surface area is 106 Å². The number of nitrogens with zero attached hydrogens (tertiary/aromatic N) is 3. The molecule has 0 atom stereocenters. The molecule has 0 aromatic heterocycles. The molecule has 0 spiro atoms. The van der Waals surface area contributed by atoms with Crippen molar-refractivity contribution in [3.05, 3.63) is 51.4 Å². The second kappa shape index (κ2) is 6.03. The van der Waals surface area contributed by atoms with Crippen LogP contribution in [0.1, 0.15) is 40.7 Å². The minimum atomic E-state index is 0.543. The third kappa shape index (κ3) is 2.79. The van der Waals surface area contributed by atoms with Crippen molar-refractivity contribution >= 4 is 11.9 Å². The van der Waals surface area contributed by atoms with Gasteiger partial charge in [0.1, 0.15) is 6.29 Å². The molecule has 0 radical (unpaired) electrons. The van der Waals surface area contributed by atoms with E-state index in [1.165, 1.54) is 16.7 Å². The van der Waals surface area contributed by atoms with Gasteiger partial charge in [0.2, 0.25) is 0 Å². The predicted octanol–water partition coefficient (Wildman–Crippen LogP) is 3.92. The van der Waals surface area contributed by atoms with E-state index in [0.717, 1.165) is 37.5 Å². The fraction of sp³-hybridized carbons (Fsp3) is 0.357. The number of carbonyl (C=O) groups is 1. The highest BCUT2D eigenvalue weighted by Gasteiger charge is 2.15. The minimum Gasteiger partial charge on any atom is -0.298 e. The molecule has 0 N–H and O–H groups in total. The lowest BCUT2D eigenvalue weighted by atomic mass is 10.0. The van der Waals surface area contributed by atoms with E-state index in [1.807, 2.05) is 18.2 Å². The lowest BCUT2D eigenvalue weighted by Gasteiger charge is -2.02. The Kier molecular flexibility index (Phi) is 4.15. The lowest BCUT2D eigenvalue weighted by molar-refractivity contribution is 0.112. The quantitative estimate of drug-likeness (QED) is 0.253. The Morgan fingerprint density at radius 2 is 2.28 bits per heavy atom. The second-order valence-corrected chi connectivity index (χ2v) is 4.36. The van der Waals surface area contributed by atoms with E-state index >= 15 is 0 Å². The smallest absolute Gasteiger partial charge is 0.150 e. The standard InChI is InChI=1S/C14H15N3O/c15-17-16-8-2-1-3-12-6-7-13-5-4-11(10-18)9-14(12)13/h3-5,9-10H,1-2,6-8H2. The highest BCUT2D eigenvalue weighted by molar-refractivity contribution is 5.81. The van der Waals surface area contributed by atoms with Crippen molar-refractivity contribution in [3.63, 3.8) is 0 Å². The van der Waals surface area contributed by atoms with Gasteiger partial charge in [0.05, 0.1) is 0 Å². The number of azide groups is 1. The van der Waals surface area contributed by atoms with Crippen LogP contribution >= 0.6 is 0 Å². The van der Waals surface area contributed by atoms with Crippen molar-refractivity contribution in [2.75, 3.05) is 6.54 Å². The summed E-state index contributed by atoms with van der Waals surface area (Å²) < 4.78 is 0. The summed E-state index contributed by atoms with van der Waals surface area (Å²) in [5.74, 6) is 0. The average Bonchev–Trinajstić information content (AvgIpc) is 2.81. The van der Waals surface area contributed by atoms with Crippen LogP contribution in [0.2, 0.25) is 0 Å². The second-order valence-electron chi connectivity index (χ2n) is 4.36. The molecule has 18 heavy (non-hydrogen) atoms. The zero-order valence-electron chi connectivity index (χ0n) is 10.2. The maximum Gasteiger partial charge on any atom is 0.150 e. The van der Waals surface area contributed by atoms with Gasteiger partial charge in [-0.1, -0.05) is 23.3 Å². The molecule has 0 saturated heterocycles. The molecule has 0 fully saturated rings. The number of carbonyl (C=O) groups excluding carboxylic acids is 1. The van der Waals surface area contributed by atoms with Gasteiger partial charge in [0.25, 0.3) is 0 Å². The van der Waals surface area contributed by atoms with Crippen LogP contribution in [0.4, 0.5) is 0 Å². The predicted molar refractivity (Wildman–Crippen MR) is 71.4 cm³/mol. The summed E-state index contributed by atoms with van der Waals surface area (Å²) >= 11 is 0. The van der Waals surface area contributed by atoms with Gasteiger partial charge in [0.15, 0.2) is 0 Å². The van der Waals surface area contributed by atoms with Gasteiger partial charge in [-0.3, -0.25) is 4.79 Å². The highest BCUT2D eigenvalue weighted by Crippen LogP contribution is 2.33. The molecular formula is C14H15N3O. The first-order valence-corrected chi connectivity index (χ1v) is 6.13. The van der Waals surface area contributed by atoms with E-state index in [9.17, 15) is 4.79 Å². The molecule has 1 aliphatic carbocycles. The average molecular weight is 241 g/mol. The SMILES string of the molecule is [N-]=[N+]=NCCCC=C1CCc2ccc(C=O)cc21. The van der Waals surface area contributed by atoms with Crippen molar-refractivity contribution < 1.29 is 4.79 Å². The molecule has 0 aliphatic heterocycles. The molecule has 1 aromatic carbocycles. The summed E-state index contributed by atoms with van der Waals surface area (Å²) in [5.41, 5.74) is 12.8. The zero-order chi connectivity index (χ0) is 12.8. The number of hydrogen-bond donors (Lipinski definition) is 0. The fourth-order valence-electron chi connectivity index (χ4n) is 2.28. The molecule has 1 aliphatic rings. The number of allylic oxidation sites excluding steroid dienone is 2. The molecule has 4 nitrogen and oxygen atoms in total. The van der Waals surface area contributed by atoms with Crippen molar-refractivity contribution in [3.8, 4) is 0 Å². The van der Waals surface area contributed by atoms with Crippen molar-refractivity contribution in [1.29, 1.82) is 0 Å². The van der Waals surface area contributed by atoms with Crippen molar-refractivity contribution in [2.45, 2.75) is 25.7 Å². The van der Waals surface area contributed by atoms with Crippen LogP contribution in [0.25, 0.3) is 16.0 Å². The first-order valence-electron chi connectivity index (χ1n) is 6.13. The molecular weight excluding hydrogens is 226 g/mol. The molecule has 0 amide bonds. The van der Waals surface area contributed by atoms with Crippen LogP contribution in [0.15, 0.2) is 29.4 Å². The van der Waals surface area contributed by atoms with Crippen molar-refractivity contribution in [2.24, 2.45) is 5.11 Å². The fourth-order valence-corrected chi connectivity index (χ4v) is 2.28. The Hall–Kier alpha value is -2.06. The monoisotopic (exact) mass is 241 g/mol. The molecule has 1 aromatic rings. The number of benzene rings is 1. The largest absolute Gasteiger partial charge is 0.298 e. The summed E-state index contributed by atoms with van der Waals surface area (Å²) in [7, 11) is 0. The Morgan fingerprint density at radius 3 is 3.06 bits per heavy atom. The van der Waals surface area contributed by atoms with Crippen LogP contribution in [0.3, 0.4) is 0 Å². The third-order valence-electron chi connectivity index (χ3n) is 3.20. The number of unbranched alkanes of at least 4 members (excludes halogenated alkanes) is 1. The van der Waals surface area contributed by atoms with Crippen LogP contribution in [0, 0.1) is 0 Å². The van der Waals surface area contributed by atoms with Crippen LogP contribution in [-0.4, -0.2) is 12.8 Å². The summed E-state index contributed by atoms with van der Waals surface area (Å²) in [4.78, 5) is 13.5. The Morgan fingerprint density at radius 1 is 1.39 bits per heavy atom. The van der Waals surface area contributed by atoms with E-state index in [4.69, 9.17) is 5.53 Å². The Balaban J connectivity index is 2.07. The first kappa shape index (κ1) is 12.4. The van der Waals surface area contributed by atoms with Gasteiger partial charge in [0, 0.05) is 17.0 Å². The normalized spacial score (nSPS) is 15.2. The van der Waals surface area contributed by atoms with Gasteiger partial charge in [-0.25, -0.2) is 0 Å². The molecule has 0 heterocycles. The van der Waals surface area contributed by atoms with Gasteiger partial charge in [-0.15, -0.1) is 0 Å². The maximum atomic E-state index is 10.8. The van der Waals surface area contributed by atoms with Gasteiger partial charge < -0.3 is 0 Å². The maximum absolute atomic E-state index is 10.8. The molecule has 2 rings (SSSR count). The Bertz CT molecular complexity index is 528. The number of aldehydes is 1. The van der Waals surface area contributed by atoms with Crippen LogP contribution in [-0.2, 0) is 6.42 Å².